The third kappa shape index (κ3) is 5.13. The van der Waals surface area contributed by atoms with Gasteiger partial charge < -0.3 is 20.8 Å². The topological polar surface area (TPSA) is 114 Å². The van der Waals surface area contributed by atoms with Crippen LogP contribution in [0.25, 0.3) is 0 Å². The van der Waals surface area contributed by atoms with E-state index in [1.807, 2.05) is 0 Å². The number of rotatable bonds is 7. The van der Waals surface area contributed by atoms with Crippen LogP contribution < -0.4 is 16.4 Å². The van der Waals surface area contributed by atoms with E-state index >= 15 is 0 Å². The van der Waals surface area contributed by atoms with Gasteiger partial charge in [0.25, 0.3) is 0 Å². The van der Waals surface area contributed by atoms with Crippen LogP contribution in [0.2, 0.25) is 0 Å². The molecule has 0 unspecified atom stereocenters. The largest absolute Gasteiger partial charge is 0.467 e. The van der Waals surface area contributed by atoms with Crippen LogP contribution in [-0.2, 0) is 20.8 Å². The summed E-state index contributed by atoms with van der Waals surface area (Å²) in [7, 11) is 0. The number of hydrogen-bond acceptors (Lipinski definition) is 4. The highest BCUT2D eigenvalue weighted by molar-refractivity contribution is 5.91. The Hall–Kier alpha value is -3.23. The zero-order chi connectivity index (χ0) is 19.3. The molecule has 26 heavy (non-hydrogen) atoms. The van der Waals surface area contributed by atoms with Gasteiger partial charge in [0.15, 0.2) is 6.04 Å². The molecule has 0 spiro atoms. The lowest BCUT2D eigenvalue weighted by Crippen LogP contribution is -2.48. The number of benzene rings is 1. The average molecular weight is 365 g/mol. The summed E-state index contributed by atoms with van der Waals surface area (Å²) in [5.41, 5.74) is 5.36. The summed E-state index contributed by atoms with van der Waals surface area (Å²) in [6.07, 6.45) is 1.00. The van der Waals surface area contributed by atoms with Gasteiger partial charge in [-0.3, -0.25) is 14.4 Å². The van der Waals surface area contributed by atoms with E-state index in [1.54, 1.807) is 0 Å². The van der Waals surface area contributed by atoms with E-state index in [0.717, 1.165) is 12.1 Å². The molecule has 4 N–H and O–H groups in total. The van der Waals surface area contributed by atoms with Crippen molar-refractivity contribution in [2.75, 3.05) is 0 Å². The van der Waals surface area contributed by atoms with Crippen LogP contribution in [0.1, 0.15) is 24.3 Å². The minimum absolute atomic E-state index is 0.123. The summed E-state index contributed by atoms with van der Waals surface area (Å²) in [6, 6.07) is 3.53. The first kappa shape index (κ1) is 19.1. The van der Waals surface area contributed by atoms with Gasteiger partial charge in [-0.2, -0.15) is 0 Å². The van der Waals surface area contributed by atoms with Crippen molar-refractivity contribution in [1.82, 2.24) is 10.6 Å². The molecule has 0 bridgehead atoms. The first-order chi connectivity index (χ1) is 12.3. The number of hydrogen-bond donors (Lipinski definition) is 3. The molecule has 0 aliphatic carbocycles. The number of halogens is 2. The van der Waals surface area contributed by atoms with Gasteiger partial charge in [0.2, 0.25) is 17.7 Å². The van der Waals surface area contributed by atoms with Crippen molar-refractivity contribution in [3.8, 4) is 0 Å². The van der Waals surface area contributed by atoms with Crippen molar-refractivity contribution in [3.05, 3.63) is 59.6 Å². The van der Waals surface area contributed by atoms with Gasteiger partial charge in [-0.25, -0.2) is 8.78 Å². The normalized spacial score (nSPS) is 12.9. The lowest BCUT2D eigenvalue weighted by molar-refractivity contribution is -0.131. The second kappa shape index (κ2) is 8.24. The summed E-state index contributed by atoms with van der Waals surface area (Å²) < 4.78 is 31.3. The van der Waals surface area contributed by atoms with Gasteiger partial charge in [-0.1, -0.05) is 0 Å². The maximum Gasteiger partial charge on any atom is 0.247 e. The first-order valence-corrected chi connectivity index (χ1v) is 7.63. The predicted octanol–water partition coefficient (Wildman–Crippen LogP) is 0.948. The molecule has 1 aromatic carbocycles. The summed E-state index contributed by atoms with van der Waals surface area (Å²) in [5.74, 6) is -3.58. The van der Waals surface area contributed by atoms with E-state index in [4.69, 9.17) is 10.2 Å². The third-order valence-corrected chi connectivity index (χ3v) is 3.46. The molecule has 0 aliphatic heterocycles. The molecule has 0 aliphatic rings. The molecule has 0 radical (unpaired) electrons. The van der Waals surface area contributed by atoms with Crippen molar-refractivity contribution in [2.24, 2.45) is 5.73 Å². The predicted molar refractivity (Wildman–Crippen MR) is 86.5 cm³/mol. The molecule has 1 heterocycles. The fourth-order valence-electron chi connectivity index (χ4n) is 2.26. The van der Waals surface area contributed by atoms with E-state index in [9.17, 15) is 23.2 Å². The molecule has 3 amide bonds. The molecule has 2 atom stereocenters. The van der Waals surface area contributed by atoms with Crippen LogP contribution in [0.5, 0.6) is 0 Å². The van der Waals surface area contributed by atoms with Crippen molar-refractivity contribution >= 4 is 17.7 Å². The Kier molecular flexibility index (Phi) is 6.05. The second-order valence-electron chi connectivity index (χ2n) is 5.60. The zero-order valence-electron chi connectivity index (χ0n) is 13.8. The Morgan fingerprint density at radius 3 is 2.35 bits per heavy atom. The smallest absolute Gasteiger partial charge is 0.247 e. The standard InChI is InChI=1S/C17H17F2N3O4/c1-9(17(25)22-15(16(20)24)13-3-2-4-26-13)21-14(23)7-10-5-11(18)8-12(19)6-10/h2-6,8-9,15H,7H2,1H3,(H2,20,24)(H,21,23)(H,22,25)/t9-,15-/m0/s1. The second-order valence-corrected chi connectivity index (χ2v) is 5.60. The minimum Gasteiger partial charge on any atom is -0.467 e. The lowest BCUT2D eigenvalue weighted by Gasteiger charge is -2.18. The fraction of sp³-hybridized carbons (Fsp3) is 0.235. The van der Waals surface area contributed by atoms with Gasteiger partial charge >= 0.3 is 0 Å². The summed E-state index contributed by atoms with van der Waals surface area (Å²) in [5, 5.41) is 4.74. The number of nitrogens with two attached hydrogens (primary N) is 1. The third-order valence-electron chi connectivity index (χ3n) is 3.46. The number of amides is 3. The molecule has 138 valence electrons. The minimum atomic E-state index is -1.19. The van der Waals surface area contributed by atoms with Gasteiger partial charge in [0, 0.05) is 6.07 Å². The quantitative estimate of drug-likeness (QED) is 0.678. The van der Waals surface area contributed by atoms with Gasteiger partial charge in [0.1, 0.15) is 23.4 Å². The van der Waals surface area contributed by atoms with Crippen LogP contribution in [0.15, 0.2) is 41.0 Å². The number of nitrogens with one attached hydrogen (secondary N) is 2. The molecule has 0 saturated carbocycles. The van der Waals surface area contributed by atoms with Gasteiger partial charge in [0.05, 0.1) is 12.7 Å². The van der Waals surface area contributed by atoms with Crippen LogP contribution in [0.4, 0.5) is 8.78 Å². The van der Waals surface area contributed by atoms with Crippen LogP contribution in [0.3, 0.4) is 0 Å². The Labute approximate surface area is 147 Å². The summed E-state index contributed by atoms with van der Waals surface area (Å²) in [4.78, 5) is 35.6. The van der Waals surface area contributed by atoms with E-state index in [-0.39, 0.29) is 17.7 Å². The lowest BCUT2D eigenvalue weighted by atomic mass is 10.1. The number of carbonyl (C=O) groups is 3. The van der Waals surface area contributed by atoms with Crippen molar-refractivity contribution in [3.63, 3.8) is 0 Å². The molecule has 9 heteroatoms. The average Bonchev–Trinajstić information content (AvgIpc) is 3.04. The Morgan fingerprint density at radius 2 is 1.81 bits per heavy atom. The molecular formula is C17H17F2N3O4. The zero-order valence-corrected chi connectivity index (χ0v) is 13.8. The van der Waals surface area contributed by atoms with Crippen molar-refractivity contribution < 1.29 is 27.6 Å². The highest BCUT2D eigenvalue weighted by Gasteiger charge is 2.26. The Morgan fingerprint density at radius 1 is 1.15 bits per heavy atom. The summed E-state index contributed by atoms with van der Waals surface area (Å²) in [6.45, 7) is 1.39. The fourth-order valence-corrected chi connectivity index (χ4v) is 2.26. The highest BCUT2D eigenvalue weighted by Crippen LogP contribution is 2.13. The Bertz CT molecular complexity index is 788. The highest BCUT2D eigenvalue weighted by atomic mass is 19.1. The van der Waals surface area contributed by atoms with Crippen LogP contribution in [0, 0.1) is 11.6 Å². The molecule has 0 fully saturated rings. The van der Waals surface area contributed by atoms with Crippen LogP contribution >= 0.6 is 0 Å². The maximum absolute atomic E-state index is 13.1. The molecule has 7 nitrogen and oxygen atoms in total. The van der Waals surface area contributed by atoms with Crippen molar-refractivity contribution in [2.45, 2.75) is 25.4 Å². The van der Waals surface area contributed by atoms with E-state index < -0.39 is 41.4 Å². The summed E-state index contributed by atoms with van der Waals surface area (Å²) >= 11 is 0. The molecule has 1 aromatic heterocycles. The SMILES string of the molecule is C[C@H](NC(=O)Cc1cc(F)cc(F)c1)C(=O)N[C@H](C(N)=O)c1ccco1. The number of furan rings is 1. The van der Waals surface area contributed by atoms with Gasteiger partial charge in [-0.15, -0.1) is 0 Å². The Balaban J connectivity index is 1.95. The number of primary amides is 1. The van der Waals surface area contributed by atoms with Gasteiger partial charge in [-0.05, 0) is 36.8 Å². The van der Waals surface area contributed by atoms with E-state index in [1.165, 1.54) is 25.3 Å². The molecular weight excluding hydrogens is 348 g/mol. The van der Waals surface area contributed by atoms with Crippen molar-refractivity contribution in [1.29, 1.82) is 0 Å². The molecule has 2 rings (SSSR count). The maximum atomic E-state index is 13.1. The molecule has 0 saturated heterocycles. The molecule has 2 aromatic rings. The monoisotopic (exact) mass is 365 g/mol. The van der Waals surface area contributed by atoms with Crippen LogP contribution in [-0.4, -0.2) is 23.8 Å². The first-order valence-electron chi connectivity index (χ1n) is 7.63. The van der Waals surface area contributed by atoms with E-state index in [0.29, 0.717) is 6.07 Å². The van der Waals surface area contributed by atoms with E-state index in [2.05, 4.69) is 10.6 Å². The number of carbonyl (C=O) groups excluding carboxylic acids is 3.